The number of hydrazine groups is 1. The molecule has 3 N–H and O–H groups in total. The van der Waals surface area contributed by atoms with Crippen LogP contribution in [-0.2, 0) is 21.2 Å². The van der Waals surface area contributed by atoms with Gasteiger partial charge in [0.15, 0.2) is 0 Å². The zero-order chi connectivity index (χ0) is 20.3. The molecule has 0 aromatic heterocycles. The van der Waals surface area contributed by atoms with Gasteiger partial charge in [0.1, 0.15) is 11.5 Å². The van der Waals surface area contributed by atoms with E-state index in [1.807, 2.05) is 0 Å². The van der Waals surface area contributed by atoms with Gasteiger partial charge in [0, 0.05) is 23.7 Å². The first-order valence-electron chi connectivity index (χ1n) is 8.30. The van der Waals surface area contributed by atoms with Crippen molar-refractivity contribution in [3.05, 3.63) is 47.5 Å². The van der Waals surface area contributed by atoms with E-state index in [4.69, 9.17) is 9.47 Å². The minimum absolute atomic E-state index is 0.0223. The van der Waals surface area contributed by atoms with Crippen molar-refractivity contribution in [2.45, 2.75) is 17.7 Å². The molecular weight excluding hydrogens is 386 g/mol. The Morgan fingerprint density at radius 1 is 1.04 bits per heavy atom. The first-order chi connectivity index (χ1) is 13.3. The molecule has 0 bridgehead atoms. The van der Waals surface area contributed by atoms with Crippen molar-refractivity contribution in [3.8, 4) is 11.5 Å². The number of sulfonamides is 1. The molecule has 148 valence electrons. The van der Waals surface area contributed by atoms with Crippen molar-refractivity contribution in [2.75, 3.05) is 19.5 Å². The SMILES string of the molecule is COc1cc(OC)cc(C(=O)NNS(=O)(=O)c2ccc3c(c2)CCC(=O)N3)c1. The van der Waals surface area contributed by atoms with Crippen molar-refractivity contribution in [3.63, 3.8) is 0 Å². The molecule has 2 aromatic carbocycles. The van der Waals surface area contributed by atoms with Crippen molar-refractivity contribution >= 4 is 27.5 Å². The molecule has 28 heavy (non-hydrogen) atoms. The zero-order valence-electron chi connectivity index (χ0n) is 15.2. The van der Waals surface area contributed by atoms with Gasteiger partial charge >= 0.3 is 0 Å². The van der Waals surface area contributed by atoms with E-state index in [0.717, 1.165) is 0 Å². The smallest absolute Gasteiger partial charge is 0.266 e. The summed E-state index contributed by atoms with van der Waals surface area (Å²) in [5, 5.41) is 2.68. The van der Waals surface area contributed by atoms with Crippen molar-refractivity contribution < 1.29 is 27.5 Å². The lowest BCUT2D eigenvalue weighted by atomic mass is 10.0. The third kappa shape index (κ3) is 4.24. The number of rotatable bonds is 6. The van der Waals surface area contributed by atoms with Gasteiger partial charge in [-0.15, -0.1) is 4.83 Å². The first-order valence-corrected chi connectivity index (χ1v) is 9.78. The number of aryl methyl sites for hydroxylation is 1. The van der Waals surface area contributed by atoms with Crippen LogP contribution in [0.1, 0.15) is 22.3 Å². The number of hydrogen-bond acceptors (Lipinski definition) is 6. The fraction of sp³-hybridized carbons (Fsp3) is 0.222. The van der Waals surface area contributed by atoms with Gasteiger partial charge in [-0.1, -0.05) is 0 Å². The number of nitrogens with one attached hydrogen (secondary N) is 3. The second-order valence-electron chi connectivity index (χ2n) is 6.03. The van der Waals surface area contributed by atoms with E-state index in [1.54, 1.807) is 6.07 Å². The highest BCUT2D eigenvalue weighted by Gasteiger charge is 2.21. The molecule has 10 heteroatoms. The maximum atomic E-state index is 12.5. The topological polar surface area (TPSA) is 123 Å². The van der Waals surface area contributed by atoms with Gasteiger partial charge in [-0.3, -0.25) is 15.0 Å². The standard InChI is InChI=1S/C18H19N3O6S/c1-26-13-7-12(8-14(10-13)27-2)18(23)20-21-28(24,25)15-4-5-16-11(9-15)3-6-17(22)19-16/h4-5,7-10,21H,3,6H2,1-2H3,(H,19,22)(H,20,23). The molecule has 1 heterocycles. The molecule has 0 radical (unpaired) electrons. The van der Waals surface area contributed by atoms with E-state index in [9.17, 15) is 18.0 Å². The van der Waals surface area contributed by atoms with Crippen LogP contribution in [0.3, 0.4) is 0 Å². The maximum absolute atomic E-state index is 12.5. The first kappa shape index (κ1) is 19.6. The van der Waals surface area contributed by atoms with Crippen LogP contribution < -0.4 is 25.0 Å². The maximum Gasteiger partial charge on any atom is 0.266 e. The number of carbonyl (C=O) groups is 2. The summed E-state index contributed by atoms with van der Waals surface area (Å²) < 4.78 is 35.2. The molecule has 3 rings (SSSR count). The molecule has 0 atom stereocenters. The molecule has 1 aliphatic rings. The Bertz CT molecular complexity index is 1010. The predicted molar refractivity (Wildman–Crippen MR) is 101 cm³/mol. The summed E-state index contributed by atoms with van der Waals surface area (Å²) in [4.78, 5) is 25.8. The van der Waals surface area contributed by atoms with Crippen LogP contribution in [0, 0.1) is 0 Å². The fourth-order valence-corrected chi connectivity index (χ4v) is 3.60. The highest BCUT2D eigenvalue weighted by molar-refractivity contribution is 7.89. The number of anilines is 1. The van der Waals surface area contributed by atoms with Crippen LogP contribution in [0.5, 0.6) is 11.5 Å². The normalized spacial score (nSPS) is 13.3. The number of amides is 2. The molecule has 0 fully saturated rings. The summed E-state index contributed by atoms with van der Waals surface area (Å²) in [5.74, 6) is 0.00129. The van der Waals surface area contributed by atoms with Crippen molar-refractivity contribution in [1.82, 2.24) is 10.3 Å². The Labute approximate surface area is 162 Å². The largest absolute Gasteiger partial charge is 0.497 e. The average Bonchev–Trinajstić information content (AvgIpc) is 2.71. The lowest BCUT2D eigenvalue weighted by Gasteiger charge is -2.17. The zero-order valence-corrected chi connectivity index (χ0v) is 16.1. The van der Waals surface area contributed by atoms with Crippen LogP contribution in [0.4, 0.5) is 5.69 Å². The number of benzene rings is 2. The third-order valence-corrected chi connectivity index (χ3v) is 5.44. The van der Waals surface area contributed by atoms with E-state index >= 15 is 0 Å². The van der Waals surface area contributed by atoms with Crippen molar-refractivity contribution in [1.29, 1.82) is 0 Å². The van der Waals surface area contributed by atoms with Crippen LogP contribution in [-0.4, -0.2) is 34.5 Å². The minimum Gasteiger partial charge on any atom is -0.497 e. The molecule has 1 aliphatic heterocycles. The van der Waals surface area contributed by atoms with Gasteiger partial charge in [-0.05, 0) is 42.3 Å². The van der Waals surface area contributed by atoms with Gasteiger partial charge in [-0.25, -0.2) is 8.42 Å². The van der Waals surface area contributed by atoms with Gasteiger partial charge in [-0.2, -0.15) is 0 Å². The summed E-state index contributed by atoms with van der Waals surface area (Å²) in [6, 6.07) is 8.84. The molecule has 0 aliphatic carbocycles. The molecule has 2 amide bonds. The molecule has 9 nitrogen and oxygen atoms in total. The second-order valence-corrected chi connectivity index (χ2v) is 7.71. The van der Waals surface area contributed by atoms with E-state index in [0.29, 0.717) is 35.6 Å². The minimum atomic E-state index is -4.00. The lowest BCUT2D eigenvalue weighted by molar-refractivity contribution is -0.116. The van der Waals surface area contributed by atoms with Gasteiger partial charge in [0.25, 0.3) is 15.9 Å². The van der Waals surface area contributed by atoms with Crippen LogP contribution >= 0.6 is 0 Å². The quantitative estimate of drug-likeness (QED) is 0.621. The molecule has 0 saturated heterocycles. The number of hydrogen-bond donors (Lipinski definition) is 3. The molecule has 2 aromatic rings. The Hall–Kier alpha value is -3.11. The van der Waals surface area contributed by atoms with E-state index < -0.39 is 15.9 Å². The Morgan fingerprint density at radius 2 is 1.71 bits per heavy atom. The molecule has 0 saturated carbocycles. The van der Waals surface area contributed by atoms with E-state index in [1.165, 1.54) is 44.6 Å². The molecule has 0 spiro atoms. The second kappa shape index (κ2) is 7.87. The Morgan fingerprint density at radius 3 is 2.36 bits per heavy atom. The van der Waals surface area contributed by atoms with Gasteiger partial charge < -0.3 is 14.8 Å². The Balaban J connectivity index is 1.75. The number of carbonyl (C=O) groups excluding carboxylic acids is 2. The Kier molecular flexibility index (Phi) is 5.52. The predicted octanol–water partition coefficient (Wildman–Crippen LogP) is 1.21. The molecular formula is C18H19N3O6S. The highest BCUT2D eigenvalue weighted by Crippen LogP contribution is 2.25. The highest BCUT2D eigenvalue weighted by atomic mass is 32.2. The summed E-state index contributed by atoms with van der Waals surface area (Å²) in [5.41, 5.74) is 3.63. The molecule has 0 unspecified atom stereocenters. The average molecular weight is 405 g/mol. The summed E-state index contributed by atoms with van der Waals surface area (Å²) in [6.45, 7) is 0. The van der Waals surface area contributed by atoms with E-state index in [-0.39, 0.29) is 16.4 Å². The van der Waals surface area contributed by atoms with Gasteiger partial charge in [0.2, 0.25) is 5.91 Å². The summed E-state index contributed by atoms with van der Waals surface area (Å²) in [6.07, 6.45) is 0.735. The van der Waals surface area contributed by atoms with Crippen LogP contribution in [0.15, 0.2) is 41.3 Å². The van der Waals surface area contributed by atoms with Crippen molar-refractivity contribution in [2.24, 2.45) is 0 Å². The summed E-state index contributed by atoms with van der Waals surface area (Å²) >= 11 is 0. The summed E-state index contributed by atoms with van der Waals surface area (Å²) in [7, 11) is -1.11. The number of fused-ring (bicyclic) bond motifs is 1. The number of ether oxygens (including phenoxy) is 2. The monoisotopic (exact) mass is 405 g/mol. The van der Waals surface area contributed by atoms with Crippen LogP contribution in [0.25, 0.3) is 0 Å². The lowest BCUT2D eigenvalue weighted by Crippen LogP contribution is -2.41. The number of methoxy groups -OCH3 is 2. The van der Waals surface area contributed by atoms with Gasteiger partial charge in [0.05, 0.1) is 19.1 Å². The van der Waals surface area contributed by atoms with E-state index in [2.05, 4.69) is 15.6 Å². The fourth-order valence-electron chi connectivity index (χ4n) is 2.71. The van der Waals surface area contributed by atoms with Crippen LogP contribution in [0.2, 0.25) is 0 Å². The third-order valence-electron chi connectivity index (χ3n) is 4.20.